The highest BCUT2D eigenvalue weighted by Gasteiger charge is 2.44. The van der Waals surface area contributed by atoms with Gasteiger partial charge >= 0.3 is 0 Å². The number of para-hydroxylation sites is 1. The van der Waals surface area contributed by atoms with Crippen molar-refractivity contribution in [3.63, 3.8) is 0 Å². The number of carbonyl (C=O) groups excluding carboxylic acids is 1. The molecule has 3 aliphatic carbocycles. The highest BCUT2D eigenvalue weighted by atomic mass is 16.2. The van der Waals surface area contributed by atoms with Gasteiger partial charge in [0.1, 0.15) is 0 Å². The largest absolute Gasteiger partial charge is 0.339 e. The molecule has 0 spiro atoms. The molecule has 0 saturated heterocycles. The summed E-state index contributed by atoms with van der Waals surface area (Å²) in [6.07, 6.45) is 7.31. The summed E-state index contributed by atoms with van der Waals surface area (Å²) in [5.74, 6) is 2.29. The van der Waals surface area contributed by atoms with E-state index in [1.165, 1.54) is 25.7 Å². The van der Waals surface area contributed by atoms with Crippen LogP contribution in [0.1, 0.15) is 60.5 Å². The Morgan fingerprint density at radius 3 is 2.25 bits per heavy atom. The van der Waals surface area contributed by atoms with Gasteiger partial charge in [-0.25, -0.2) is 0 Å². The maximum absolute atomic E-state index is 13.5. The van der Waals surface area contributed by atoms with Crippen molar-refractivity contribution in [1.29, 1.82) is 0 Å². The number of hydrogen-bond acceptors (Lipinski definition) is 3. The Kier molecular flexibility index (Phi) is 4.42. The second-order valence-electron chi connectivity index (χ2n) is 9.54. The van der Waals surface area contributed by atoms with Crippen LogP contribution in [0.2, 0.25) is 0 Å². The van der Waals surface area contributed by atoms with Crippen LogP contribution in [0.3, 0.4) is 0 Å². The van der Waals surface area contributed by atoms with Crippen molar-refractivity contribution in [2.75, 3.05) is 21.1 Å². The quantitative estimate of drug-likeness (QED) is 0.797. The van der Waals surface area contributed by atoms with Crippen molar-refractivity contribution in [1.82, 2.24) is 14.8 Å². The lowest BCUT2D eigenvalue weighted by atomic mass is 10.0. The Morgan fingerprint density at radius 2 is 1.61 bits per heavy atom. The van der Waals surface area contributed by atoms with E-state index in [0.717, 1.165) is 52.9 Å². The minimum Gasteiger partial charge on any atom is -0.339 e. The molecular formula is C24H31N3O. The number of amides is 1. The van der Waals surface area contributed by atoms with E-state index in [0.29, 0.717) is 12.0 Å². The normalized spacial score (nSPS) is 29.4. The Hall–Kier alpha value is -1.94. The molecule has 0 N–H and O–H groups in total. The first-order valence-corrected chi connectivity index (χ1v) is 10.8. The lowest BCUT2D eigenvalue weighted by molar-refractivity contribution is 0.0728. The molecule has 2 aromatic rings. The van der Waals surface area contributed by atoms with Crippen LogP contribution in [0, 0.1) is 11.8 Å². The number of benzene rings is 1. The zero-order chi connectivity index (χ0) is 19.4. The second kappa shape index (κ2) is 6.84. The molecule has 1 aromatic carbocycles. The fourth-order valence-electron chi connectivity index (χ4n) is 5.61. The maximum atomic E-state index is 13.5. The number of hydrogen-bond donors (Lipinski definition) is 0. The summed E-state index contributed by atoms with van der Waals surface area (Å²) in [7, 11) is 6.42. The molecule has 3 aliphatic rings. The van der Waals surface area contributed by atoms with E-state index < -0.39 is 0 Å². The van der Waals surface area contributed by atoms with Crippen molar-refractivity contribution in [2.24, 2.45) is 11.8 Å². The van der Waals surface area contributed by atoms with Gasteiger partial charge < -0.3 is 9.80 Å². The molecule has 4 heteroatoms. The monoisotopic (exact) mass is 377 g/mol. The summed E-state index contributed by atoms with van der Waals surface area (Å²) in [5.41, 5.74) is 2.91. The van der Waals surface area contributed by atoms with Gasteiger partial charge in [0.15, 0.2) is 0 Å². The molecule has 4 nitrogen and oxygen atoms in total. The topological polar surface area (TPSA) is 36.4 Å². The molecule has 1 aromatic heterocycles. The molecule has 28 heavy (non-hydrogen) atoms. The lowest BCUT2D eigenvalue weighted by Crippen LogP contribution is -2.36. The zero-order valence-corrected chi connectivity index (χ0v) is 17.3. The molecule has 0 radical (unpaired) electrons. The predicted octanol–water partition coefficient (Wildman–Crippen LogP) is 4.30. The smallest absolute Gasteiger partial charge is 0.254 e. The van der Waals surface area contributed by atoms with Crippen molar-refractivity contribution in [2.45, 2.75) is 56.5 Å². The van der Waals surface area contributed by atoms with Crippen LogP contribution in [-0.2, 0) is 0 Å². The Morgan fingerprint density at radius 1 is 0.964 bits per heavy atom. The average molecular weight is 378 g/mol. The Balaban J connectivity index is 1.38. The van der Waals surface area contributed by atoms with Gasteiger partial charge in [-0.15, -0.1) is 0 Å². The first-order valence-electron chi connectivity index (χ1n) is 10.8. The van der Waals surface area contributed by atoms with E-state index >= 15 is 0 Å². The van der Waals surface area contributed by atoms with Crippen LogP contribution >= 0.6 is 0 Å². The van der Waals surface area contributed by atoms with E-state index in [9.17, 15) is 4.79 Å². The minimum atomic E-state index is 0.176. The number of aromatic nitrogens is 1. The molecule has 0 aliphatic heterocycles. The number of fused-ring (bicyclic) bond motifs is 2. The third-order valence-corrected chi connectivity index (χ3v) is 7.53. The van der Waals surface area contributed by atoms with Gasteiger partial charge in [-0.2, -0.15) is 0 Å². The van der Waals surface area contributed by atoms with E-state index in [2.05, 4.69) is 25.1 Å². The fraction of sp³-hybridized carbons (Fsp3) is 0.583. The fourth-order valence-corrected chi connectivity index (χ4v) is 5.61. The Labute approximate surface area is 167 Å². The van der Waals surface area contributed by atoms with E-state index in [1.54, 1.807) is 0 Å². The molecule has 3 saturated carbocycles. The Bertz CT molecular complexity index is 890. The number of pyridine rings is 1. The van der Waals surface area contributed by atoms with Gasteiger partial charge in [-0.05, 0) is 76.6 Å². The molecule has 0 bridgehead atoms. The highest BCUT2D eigenvalue weighted by molar-refractivity contribution is 6.06. The average Bonchev–Trinajstić information content (AvgIpc) is 3.35. The third-order valence-electron chi connectivity index (χ3n) is 7.53. The molecule has 5 rings (SSSR count). The first kappa shape index (κ1) is 18.1. The molecule has 3 fully saturated rings. The summed E-state index contributed by atoms with van der Waals surface area (Å²) in [5, 5.41) is 0.995. The van der Waals surface area contributed by atoms with Gasteiger partial charge in [-0.1, -0.05) is 18.2 Å². The standard InChI is InChI=1S/C24H31N3O/c1-26(2)18-10-16-12-19(13-17(16)11-18)27(3)24(28)21-14-23(15-8-9-15)25-22-7-5-4-6-20(21)22/h4-7,14-19H,8-13H2,1-3H3/t16-,17+,18?,19?. The van der Waals surface area contributed by atoms with Crippen LogP contribution in [0.5, 0.6) is 0 Å². The van der Waals surface area contributed by atoms with Gasteiger partial charge in [0.05, 0.1) is 11.1 Å². The summed E-state index contributed by atoms with van der Waals surface area (Å²) in [6, 6.07) is 11.3. The van der Waals surface area contributed by atoms with Crippen LogP contribution < -0.4 is 0 Å². The third kappa shape index (κ3) is 3.12. The molecule has 4 atom stereocenters. The lowest BCUT2D eigenvalue weighted by Gasteiger charge is -2.27. The predicted molar refractivity (Wildman–Crippen MR) is 113 cm³/mol. The SMILES string of the molecule is CN(C)C1C[C@@H]2CC(N(C)C(=O)c3cc(C4CC4)nc4ccccc34)C[C@@H]2C1. The summed E-state index contributed by atoms with van der Waals surface area (Å²) >= 11 is 0. The van der Waals surface area contributed by atoms with E-state index in [4.69, 9.17) is 4.98 Å². The number of rotatable bonds is 4. The van der Waals surface area contributed by atoms with E-state index in [-0.39, 0.29) is 5.91 Å². The van der Waals surface area contributed by atoms with Gasteiger partial charge in [0.2, 0.25) is 0 Å². The number of carbonyl (C=O) groups is 1. The minimum absolute atomic E-state index is 0.176. The number of nitrogens with zero attached hydrogens (tertiary/aromatic N) is 3. The first-order chi connectivity index (χ1) is 13.5. The van der Waals surface area contributed by atoms with Crippen LogP contribution in [0.4, 0.5) is 0 Å². The van der Waals surface area contributed by atoms with Crippen molar-refractivity contribution >= 4 is 16.8 Å². The van der Waals surface area contributed by atoms with E-state index in [1.807, 2.05) is 36.2 Å². The molecule has 2 unspecified atom stereocenters. The maximum Gasteiger partial charge on any atom is 0.254 e. The van der Waals surface area contributed by atoms with Gasteiger partial charge in [0, 0.05) is 36.1 Å². The van der Waals surface area contributed by atoms with Crippen molar-refractivity contribution in [3.05, 3.63) is 41.6 Å². The van der Waals surface area contributed by atoms with Crippen LogP contribution in [-0.4, -0.2) is 53.9 Å². The van der Waals surface area contributed by atoms with Gasteiger partial charge in [0.25, 0.3) is 5.91 Å². The summed E-state index contributed by atoms with van der Waals surface area (Å²) in [4.78, 5) is 22.8. The molecule has 1 amide bonds. The van der Waals surface area contributed by atoms with Crippen molar-refractivity contribution in [3.8, 4) is 0 Å². The molecular weight excluding hydrogens is 346 g/mol. The van der Waals surface area contributed by atoms with Crippen LogP contribution in [0.25, 0.3) is 10.9 Å². The second-order valence-corrected chi connectivity index (χ2v) is 9.54. The zero-order valence-electron chi connectivity index (χ0n) is 17.3. The molecule has 148 valence electrons. The summed E-state index contributed by atoms with van der Waals surface area (Å²) < 4.78 is 0. The van der Waals surface area contributed by atoms with Crippen molar-refractivity contribution < 1.29 is 4.79 Å². The molecule has 1 heterocycles. The summed E-state index contributed by atoms with van der Waals surface area (Å²) in [6.45, 7) is 0. The van der Waals surface area contributed by atoms with Crippen LogP contribution in [0.15, 0.2) is 30.3 Å². The highest BCUT2D eigenvalue weighted by Crippen LogP contribution is 2.47. The van der Waals surface area contributed by atoms with Gasteiger partial charge in [-0.3, -0.25) is 9.78 Å².